The smallest absolute Gasteiger partial charge is 0.0472 e. The van der Waals surface area contributed by atoms with Crippen LogP contribution >= 0.6 is 0 Å². The van der Waals surface area contributed by atoms with Gasteiger partial charge in [0.2, 0.25) is 0 Å². The van der Waals surface area contributed by atoms with Crippen LogP contribution in [0.3, 0.4) is 0 Å². The van der Waals surface area contributed by atoms with E-state index in [9.17, 15) is 0 Å². The number of hydrogen-bond acceptors (Lipinski definition) is 2. The van der Waals surface area contributed by atoms with Crippen molar-refractivity contribution in [2.24, 2.45) is 0 Å². The second kappa shape index (κ2) is 4.21. The predicted octanol–water partition coefficient (Wildman–Crippen LogP) is 1.74. The van der Waals surface area contributed by atoms with Crippen molar-refractivity contribution in [2.75, 3.05) is 6.61 Å². The van der Waals surface area contributed by atoms with Gasteiger partial charge in [-0.15, -0.1) is 0 Å². The van der Waals surface area contributed by atoms with Gasteiger partial charge in [0.05, 0.1) is 0 Å². The number of aromatic nitrogens is 1. The van der Waals surface area contributed by atoms with Gasteiger partial charge in [0.1, 0.15) is 0 Å². The first-order chi connectivity index (χ1) is 5.75. The van der Waals surface area contributed by atoms with Gasteiger partial charge in [0.25, 0.3) is 0 Å². The Hall–Kier alpha value is -0.890. The molecular weight excluding hydrogens is 150 g/mol. The highest BCUT2D eigenvalue weighted by Crippen LogP contribution is 2.18. The first kappa shape index (κ1) is 9.20. The number of pyridine rings is 1. The van der Waals surface area contributed by atoms with Crippen LogP contribution in [0.4, 0.5) is 0 Å². The number of nitrogens with zero attached hydrogens (tertiary/aromatic N) is 1. The number of hydrogen-bond donors (Lipinski definition) is 1. The van der Waals surface area contributed by atoms with Crippen LogP contribution in [0.2, 0.25) is 0 Å². The van der Waals surface area contributed by atoms with E-state index in [1.165, 1.54) is 5.56 Å². The van der Waals surface area contributed by atoms with Crippen LogP contribution in [0.5, 0.6) is 0 Å². The summed E-state index contributed by atoms with van der Waals surface area (Å²) in [6, 6.07) is 2.02. The fraction of sp³-hybridized carbons (Fsp3) is 0.500. The van der Waals surface area contributed by atoms with Gasteiger partial charge >= 0.3 is 0 Å². The van der Waals surface area contributed by atoms with E-state index in [0.29, 0.717) is 12.3 Å². The van der Waals surface area contributed by atoms with Crippen LogP contribution in [-0.4, -0.2) is 16.7 Å². The maximum Gasteiger partial charge on any atom is 0.0472 e. The zero-order chi connectivity index (χ0) is 8.97. The molecule has 0 aliphatic carbocycles. The van der Waals surface area contributed by atoms with Crippen molar-refractivity contribution in [3.05, 3.63) is 29.6 Å². The van der Waals surface area contributed by atoms with Crippen molar-refractivity contribution in [1.82, 2.24) is 4.98 Å². The lowest BCUT2D eigenvalue weighted by Crippen LogP contribution is -1.99. The van der Waals surface area contributed by atoms with Crippen molar-refractivity contribution in [1.29, 1.82) is 0 Å². The molecule has 66 valence electrons. The maximum absolute atomic E-state index is 8.80. The topological polar surface area (TPSA) is 33.1 Å². The van der Waals surface area contributed by atoms with E-state index in [4.69, 9.17) is 5.11 Å². The molecule has 2 heteroatoms. The molecular formula is C10H15NO. The highest BCUT2D eigenvalue weighted by molar-refractivity contribution is 5.26. The quantitative estimate of drug-likeness (QED) is 0.740. The van der Waals surface area contributed by atoms with Gasteiger partial charge in [-0.05, 0) is 29.5 Å². The molecule has 0 aliphatic rings. The monoisotopic (exact) mass is 165 g/mol. The summed E-state index contributed by atoms with van der Waals surface area (Å²) >= 11 is 0. The Morgan fingerprint density at radius 3 is 2.83 bits per heavy atom. The lowest BCUT2D eigenvalue weighted by molar-refractivity contribution is 0.299. The third-order valence-corrected chi connectivity index (χ3v) is 1.94. The number of aliphatic hydroxyl groups excluding tert-OH is 1. The normalized spacial score (nSPS) is 10.7. The Labute approximate surface area is 73.3 Å². The summed E-state index contributed by atoms with van der Waals surface area (Å²) < 4.78 is 0. The van der Waals surface area contributed by atoms with E-state index < -0.39 is 0 Å². The van der Waals surface area contributed by atoms with Gasteiger partial charge in [0.15, 0.2) is 0 Å². The van der Waals surface area contributed by atoms with Crippen molar-refractivity contribution < 1.29 is 5.11 Å². The Morgan fingerprint density at radius 2 is 2.25 bits per heavy atom. The summed E-state index contributed by atoms with van der Waals surface area (Å²) in [6.45, 7) is 4.50. The highest BCUT2D eigenvalue weighted by Gasteiger charge is 2.04. The Morgan fingerprint density at radius 1 is 1.50 bits per heavy atom. The average molecular weight is 165 g/mol. The lowest BCUT2D eigenvalue weighted by atomic mass is 9.98. The van der Waals surface area contributed by atoms with Gasteiger partial charge in [-0.3, -0.25) is 4.98 Å². The summed E-state index contributed by atoms with van der Waals surface area (Å²) in [5, 5.41) is 8.80. The van der Waals surface area contributed by atoms with Crippen LogP contribution in [0.25, 0.3) is 0 Å². The van der Waals surface area contributed by atoms with Crippen LogP contribution in [-0.2, 0) is 6.42 Å². The molecule has 0 amide bonds. The van der Waals surface area contributed by atoms with E-state index in [-0.39, 0.29) is 6.61 Å². The highest BCUT2D eigenvalue weighted by atomic mass is 16.2. The zero-order valence-electron chi connectivity index (χ0n) is 7.62. The van der Waals surface area contributed by atoms with Crippen LogP contribution in [0.15, 0.2) is 18.5 Å². The minimum absolute atomic E-state index is 0.200. The molecule has 1 rings (SSSR count). The molecule has 0 unspecified atom stereocenters. The van der Waals surface area contributed by atoms with Crippen molar-refractivity contribution >= 4 is 0 Å². The number of rotatable bonds is 3. The zero-order valence-corrected chi connectivity index (χ0v) is 7.62. The molecule has 0 spiro atoms. The molecule has 12 heavy (non-hydrogen) atoms. The average Bonchev–Trinajstić information content (AvgIpc) is 2.05. The van der Waals surface area contributed by atoms with Crippen LogP contribution in [0, 0.1) is 0 Å². The third-order valence-electron chi connectivity index (χ3n) is 1.94. The minimum atomic E-state index is 0.200. The van der Waals surface area contributed by atoms with E-state index in [2.05, 4.69) is 18.8 Å². The van der Waals surface area contributed by atoms with Crippen molar-refractivity contribution in [2.45, 2.75) is 26.2 Å². The van der Waals surface area contributed by atoms with Crippen molar-refractivity contribution in [3.63, 3.8) is 0 Å². The molecule has 1 aromatic rings. The minimum Gasteiger partial charge on any atom is -0.396 e. The maximum atomic E-state index is 8.80. The van der Waals surface area contributed by atoms with Crippen molar-refractivity contribution in [3.8, 4) is 0 Å². The molecule has 1 heterocycles. The van der Waals surface area contributed by atoms with Gasteiger partial charge in [0, 0.05) is 19.0 Å². The molecule has 2 nitrogen and oxygen atoms in total. The van der Waals surface area contributed by atoms with E-state index in [1.54, 1.807) is 6.20 Å². The summed E-state index contributed by atoms with van der Waals surface area (Å²) in [7, 11) is 0. The Kier molecular flexibility index (Phi) is 3.23. The lowest BCUT2D eigenvalue weighted by Gasteiger charge is -2.10. The van der Waals surface area contributed by atoms with E-state index in [1.807, 2.05) is 12.3 Å². The predicted molar refractivity (Wildman–Crippen MR) is 49.1 cm³/mol. The van der Waals surface area contributed by atoms with Crippen LogP contribution in [0.1, 0.15) is 30.9 Å². The fourth-order valence-electron chi connectivity index (χ4n) is 1.33. The summed E-state index contributed by atoms with van der Waals surface area (Å²) in [6.07, 6.45) is 4.35. The molecule has 1 N–H and O–H groups in total. The molecule has 1 aromatic heterocycles. The molecule has 0 radical (unpaired) electrons. The fourth-order valence-corrected chi connectivity index (χ4v) is 1.33. The summed E-state index contributed by atoms with van der Waals surface area (Å²) in [5.41, 5.74) is 2.45. The largest absolute Gasteiger partial charge is 0.396 e. The van der Waals surface area contributed by atoms with Crippen LogP contribution < -0.4 is 0 Å². The van der Waals surface area contributed by atoms with E-state index >= 15 is 0 Å². The second-order valence-electron chi connectivity index (χ2n) is 3.20. The molecule has 0 saturated carbocycles. The standard InChI is InChI=1S/C10H15NO/c1-8(2)10-3-5-11-7-9(10)4-6-12/h3,5,7-8,12H,4,6H2,1-2H3. The summed E-state index contributed by atoms with van der Waals surface area (Å²) in [4.78, 5) is 4.04. The summed E-state index contributed by atoms with van der Waals surface area (Å²) in [5.74, 6) is 0.509. The molecule has 0 aliphatic heterocycles. The van der Waals surface area contributed by atoms with Gasteiger partial charge in [-0.1, -0.05) is 13.8 Å². The van der Waals surface area contributed by atoms with Gasteiger partial charge < -0.3 is 5.11 Å². The molecule has 0 fully saturated rings. The van der Waals surface area contributed by atoms with Gasteiger partial charge in [-0.2, -0.15) is 0 Å². The molecule has 0 aromatic carbocycles. The number of aliphatic hydroxyl groups is 1. The Balaban J connectivity index is 2.92. The van der Waals surface area contributed by atoms with E-state index in [0.717, 1.165) is 5.56 Å². The second-order valence-corrected chi connectivity index (χ2v) is 3.20. The Bertz CT molecular complexity index is 245. The molecule has 0 bridgehead atoms. The first-order valence-corrected chi connectivity index (χ1v) is 4.29. The first-order valence-electron chi connectivity index (χ1n) is 4.29. The van der Waals surface area contributed by atoms with Gasteiger partial charge in [-0.25, -0.2) is 0 Å². The molecule has 0 saturated heterocycles. The molecule has 0 atom stereocenters. The third kappa shape index (κ3) is 2.05. The SMILES string of the molecule is CC(C)c1ccncc1CCO.